The fourth-order valence-corrected chi connectivity index (χ4v) is 1.71. The summed E-state index contributed by atoms with van der Waals surface area (Å²) in [6.45, 7) is 2.18. The van der Waals surface area contributed by atoms with Gasteiger partial charge < -0.3 is 10.6 Å². The van der Waals surface area contributed by atoms with Crippen LogP contribution in [0.15, 0.2) is 11.8 Å². The molecule has 0 amide bonds. The normalized spacial score (nSPS) is 38.4. The lowest BCUT2D eigenvalue weighted by atomic mass is 9.89. The highest BCUT2D eigenvalue weighted by Gasteiger charge is 2.39. The van der Waals surface area contributed by atoms with E-state index in [1.807, 2.05) is 7.05 Å². The largest absolute Gasteiger partial charge is 0.392 e. The van der Waals surface area contributed by atoms with Crippen molar-refractivity contribution in [1.29, 1.82) is 0 Å². The Morgan fingerprint density at radius 2 is 2.64 bits per heavy atom. The summed E-state index contributed by atoms with van der Waals surface area (Å²) < 4.78 is 0. The minimum atomic E-state index is 0.0817. The van der Waals surface area contributed by atoms with Crippen molar-refractivity contribution in [3.63, 3.8) is 0 Å². The van der Waals surface area contributed by atoms with E-state index in [4.69, 9.17) is 0 Å². The molecule has 2 atom stereocenters. The van der Waals surface area contributed by atoms with Gasteiger partial charge in [0.1, 0.15) is 0 Å². The van der Waals surface area contributed by atoms with E-state index in [1.165, 1.54) is 5.70 Å². The fraction of sp³-hybridized carbons (Fsp3) is 0.556. The van der Waals surface area contributed by atoms with E-state index >= 15 is 0 Å². The molecule has 0 spiro atoms. The van der Waals surface area contributed by atoms with E-state index in [2.05, 4.69) is 35.6 Å². The van der Waals surface area contributed by atoms with Gasteiger partial charge in [0.05, 0.1) is 11.5 Å². The maximum absolute atomic E-state index is 3.18. The van der Waals surface area contributed by atoms with Crippen molar-refractivity contribution < 1.29 is 0 Å². The molecular weight excluding hydrogens is 136 g/mol. The van der Waals surface area contributed by atoms with Crippen molar-refractivity contribution >= 4 is 0 Å². The van der Waals surface area contributed by atoms with E-state index in [-0.39, 0.29) is 5.41 Å². The van der Waals surface area contributed by atoms with Crippen LogP contribution in [0.2, 0.25) is 0 Å². The molecule has 2 nitrogen and oxygen atoms in total. The second kappa shape index (κ2) is 1.94. The van der Waals surface area contributed by atoms with Crippen molar-refractivity contribution in [1.82, 2.24) is 10.6 Å². The first kappa shape index (κ1) is 6.60. The Morgan fingerprint density at radius 1 is 1.82 bits per heavy atom. The summed E-state index contributed by atoms with van der Waals surface area (Å²) in [5, 5.41) is 6.34. The highest BCUT2D eigenvalue weighted by Crippen LogP contribution is 2.36. The second-order valence-corrected chi connectivity index (χ2v) is 3.35. The van der Waals surface area contributed by atoms with E-state index in [0.29, 0.717) is 6.04 Å². The van der Waals surface area contributed by atoms with Gasteiger partial charge in [0, 0.05) is 25.2 Å². The molecule has 2 unspecified atom stereocenters. The number of fused-ring (bicyclic) bond motifs is 1. The summed E-state index contributed by atoms with van der Waals surface area (Å²) in [7, 11) is 1.96. The van der Waals surface area contributed by atoms with Gasteiger partial charge in [-0.05, 0) is 13.0 Å². The average Bonchev–Trinajstić information content (AvgIpc) is 2.42. The maximum Gasteiger partial charge on any atom is 0.0714 e. The van der Waals surface area contributed by atoms with Crippen LogP contribution in [-0.4, -0.2) is 13.1 Å². The summed E-state index contributed by atoms with van der Waals surface area (Å²) in [6, 6.07) is 3.41. The van der Waals surface area contributed by atoms with Crippen LogP contribution in [0.3, 0.4) is 0 Å². The molecule has 0 saturated heterocycles. The quantitative estimate of drug-likeness (QED) is 0.527. The third kappa shape index (κ3) is 0.808. The lowest BCUT2D eigenvalue weighted by Crippen LogP contribution is -2.31. The predicted octanol–water partition coefficient (Wildman–Crippen LogP) is 0.432. The zero-order valence-electron chi connectivity index (χ0n) is 6.86. The van der Waals surface area contributed by atoms with Crippen LogP contribution in [0.1, 0.15) is 13.3 Å². The second-order valence-electron chi connectivity index (χ2n) is 3.35. The van der Waals surface area contributed by atoms with Gasteiger partial charge in [-0.3, -0.25) is 0 Å². The molecule has 0 aromatic rings. The van der Waals surface area contributed by atoms with Crippen molar-refractivity contribution in [2.24, 2.45) is 5.41 Å². The first-order valence-corrected chi connectivity index (χ1v) is 3.92. The summed E-state index contributed by atoms with van der Waals surface area (Å²) in [5.74, 6) is 3.18. The highest BCUT2D eigenvalue weighted by atomic mass is 15.0. The van der Waals surface area contributed by atoms with Gasteiger partial charge in [-0.2, -0.15) is 0 Å². The Bertz CT molecular complexity index is 269. The third-order valence-electron chi connectivity index (χ3n) is 2.52. The van der Waals surface area contributed by atoms with E-state index in [9.17, 15) is 0 Å². The summed E-state index contributed by atoms with van der Waals surface area (Å²) in [6.07, 6.45) is 3.29. The fourth-order valence-electron chi connectivity index (χ4n) is 1.71. The van der Waals surface area contributed by atoms with Crippen molar-refractivity contribution in [3.05, 3.63) is 11.8 Å². The topological polar surface area (TPSA) is 24.1 Å². The van der Waals surface area contributed by atoms with Crippen LogP contribution in [0.5, 0.6) is 0 Å². The zero-order chi connectivity index (χ0) is 7.90. The molecule has 0 aromatic carbocycles. The van der Waals surface area contributed by atoms with Crippen LogP contribution in [0.4, 0.5) is 0 Å². The van der Waals surface area contributed by atoms with E-state index in [0.717, 1.165) is 6.42 Å². The summed E-state index contributed by atoms with van der Waals surface area (Å²) in [5.41, 5.74) is 1.39. The molecular formula is C9H12N2. The minimum Gasteiger partial charge on any atom is -0.392 e. The Kier molecular flexibility index (Phi) is 1.17. The van der Waals surface area contributed by atoms with Gasteiger partial charge in [-0.15, -0.1) is 0 Å². The Hall–Kier alpha value is -1.10. The average molecular weight is 148 g/mol. The van der Waals surface area contributed by atoms with Gasteiger partial charge >= 0.3 is 0 Å². The molecule has 0 fully saturated rings. The highest BCUT2D eigenvalue weighted by molar-refractivity contribution is 5.35. The van der Waals surface area contributed by atoms with E-state index in [1.54, 1.807) is 0 Å². The Balaban J connectivity index is 2.28. The van der Waals surface area contributed by atoms with Crippen molar-refractivity contribution in [2.75, 3.05) is 7.05 Å². The smallest absolute Gasteiger partial charge is 0.0714 e. The molecule has 2 aliphatic rings. The number of hydrogen-bond donors (Lipinski definition) is 2. The Labute approximate surface area is 67.1 Å². The van der Waals surface area contributed by atoms with Crippen LogP contribution in [0.25, 0.3) is 0 Å². The number of hydrogen-bond acceptors (Lipinski definition) is 2. The number of rotatable bonds is 1. The summed E-state index contributed by atoms with van der Waals surface area (Å²) in [4.78, 5) is 0. The monoisotopic (exact) mass is 148 g/mol. The van der Waals surface area contributed by atoms with E-state index < -0.39 is 0 Å². The Morgan fingerprint density at radius 3 is 3.27 bits per heavy atom. The first-order chi connectivity index (χ1) is 5.24. The van der Waals surface area contributed by atoms with Crippen LogP contribution < -0.4 is 10.6 Å². The molecule has 1 aliphatic carbocycles. The molecule has 2 N–H and O–H groups in total. The van der Waals surface area contributed by atoms with Gasteiger partial charge in [-0.25, -0.2) is 0 Å². The predicted molar refractivity (Wildman–Crippen MR) is 44.6 cm³/mol. The summed E-state index contributed by atoms with van der Waals surface area (Å²) >= 11 is 0. The SMILES string of the molecule is CNC1=CC2(C)C#CNC2C1. The molecule has 1 heterocycles. The van der Waals surface area contributed by atoms with Gasteiger partial charge in [-0.1, -0.05) is 5.92 Å². The standard InChI is InChI=1S/C9H12N2/c1-9-3-4-11-8(9)5-7(6-9)10-2/h6,8,10-11H,5H2,1-2H3. The van der Waals surface area contributed by atoms with Crippen LogP contribution in [-0.2, 0) is 0 Å². The molecule has 2 heteroatoms. The molecule has 1 aliphatic heterocycles. The van der Waals surface area contributed by atoms with Gasteiger partial charge in [0.2, 0.25) is 0 Å². The third-order valence-corrected chi connectivity index (χ3v) is 2.52. The molecule has 0 radical (unpaired) electrons. The zero-order valence-corrected chi connectivity index (χ0v) is 6.86. The first-order valence-electron chi connectivity index (χ1n) is 3.92. The molecule has 0 bridgehead atoms. The molecule has 0 saturated carbocycles. The van der Waals surface area contributed by atoms with Crippen LogP contribution >= 0.6 is 0 Å². The number of nitrogens with one attached hydrogen (secondary N) is 2. The minimum absolute atomic E-state index is 0.0817. The molecule has 11 heavy (non-hydrogen) atoms. The lowest BCUT2D eigenvalue weighted by molar-refractivity contribution is 0.447. The maximum atomic E-state index is 3.18. The van der Waals surface area contributed by atoms with Gasteiger partial charge in [0.15, 0.2) is 0 Å². The van der Waals surface area contributed by atoms with Gasteiger partial charge in [0.25, 0.3) is 0 Å². The molecule has 0 aromatic heterocycles. The molecule has 58 valence electrons. The molecule has 2 rings (SSSR count). The van der Waals surface area contributed by atoms with Crippen molar-refractivity contribution in [3.8, 4) is 12.0 Å². The van der Waals surface area contributed by atoms with Crippen molar-refractivity contribution in [2.45, 2.75) is 19.4 Å². The van der Waals surface area contributed by atoms with Crippen LogP contribution in [0, 0.1) is 17.4 Å². The lowest BCUT2D eigenvalue weighted by Gasteiger charge is -2.18.